The summed E-state index contributed by atoms with van der Waals surface area (Å²) in [7, 11) is 0. The van der Waals surface area contributed by atoms with Crippen LogP contribution in [0.4, 0.5) is 0 Å². The molecular formula is C21H14Cl2N2O3. The van der Waals surface area contributed by atoms with Gasteiger partial charge in [-0.05, 0) is 72.3 Å². The van der Waals surface area contributed by atoms with Gasteiger partial charge in [0.1, 0.15) is 5.75 Å². The zero-order chi connectivity index (χ0) is 19.9. The molecule has 28 heavy (non-hydrogen) atoms. The van der Waals surface area contributed by atoms with Gasteiger partial charge in [0.2, 0.25) is 0 Å². The Labute approximate surface area is 171 Å². The van der Waals surface area contributed by atoms with E-state index in [1.54, 1.807) is 72.8 Å². The van der Waals surface area contributed by atoms with Gasteiger partial charge in [0.05, 0.1) is 11.8 Å². The van der Waals surface area contributed by atoms with E-state index in [9.17, 15) is 9.59 Å². The number of rotatable bonds is 5. The smallest absolute Gasteiger partial charge is 0.343 e. The summed E-state index contributed by atoms with van der Waals surface area (Å²) in [6, 6.07) is 19.7. The molecular weight excluding hydrogens is 399 g/mol. The van der Waals surface area contributed by atoms with Gasteiger partial charge in [0, 0.05) is 15.6 Å². The second kappa shape index (κ2) is 9.17. The summed E-state index contributed by atoms with van der Waals surface area (Å²) in [5, 5.41) is 4.92. The van der Waals surface area contributed by atoms with Gasteiger partial charge in [-0.15, -0.1) is 0 Å². The lowest BCUT2D eigenvalue weighted by Crippen LogP contribution is -2.17. The zero-order valence-corrected chi connectivity index (χ0v) is 15.9. The van der Waals surface area contributed by atoms with Crippen LogP contribution in [0, 0.1) is 0 Å². The highest BCUT2D eigenvalue weighted by Crippen LogP contribution is 2.15. The standard InChI is InChI=1S/C21H14Cl2N2O3/c22-17-8-6-15(7-9-17)21(27)28-19-10-4-14(5-11-19)13-24-25-20(26)16-2-1-3-18(23)12-16/h1-13H,(H,25,26)/b24-13-. The van der Waals surface area contributed by atoms with Crippen LogP contribution < -0.4 is 10.2 Å². The summed E-state index contributed by atoms with van der Waals surface area (Å²) in [6.45, 7) is 0. The van der Waals surface area contributed by atoms with Gasteiger partial charge in [-0.25, -0.2) is 10.2 Å². The van der Waals surface area contributed by atoms with Crippen molar-refractivity contribution < 1.29 is 14.3 Å². The molecule has 5 nitrogen and oxygen atoms in total. The third-order valence-electron chi connectivity index (χ3n) is 3.64. The highest BCUT2D eigenvalue weighted by Gasteiger charge is 2.08. The van der Waals surface area contributed by atoms with Crippen molar-refractivity contribution in [3.05, 3.63) is 99.5 Å². The number of esters is 1. The number of nitrogens with one attached hydrogen (secondary N) is 1. The number of hydrazone groups is 1. The van der Waals surface area contributed by atoms with E-state index in [0.29, 0.717) is 26.9 Å². The highest BCUT2D eigenvalue weighted by atomic mass is 35.5. The summed E-state index contributed by atoms with van der Waals surface area (Å²) in [5.74, 6) is -0.459. The molecule has 140 valence electrons. The minimum Gasteiger partial charge on any atom is -0.423 e. The van der Waals surface area contributed by atoms with Crippen molar-refractivity contribution in [2.45, 2.75) is 0 Å². The molecule has 7 heteroatoms. The van der Waals surface area contributed by atoms with Crippen molar-refractivity contribution in [1.29, 1.82) is 0 Å². The van der Waals surface area contributed by atoms with Crippen molar-refractivity contribution in [2.24, 2.45) is 5.10 Å². The average molecular weight is 413 g/mol. The number of hydrogen-bond acceptors (Lipinski definition) is 4. The van der Waals surface area contributed by atoms with Crippen LogP contribution in [0.25, 0.3) is 0 Å². The number of carbonyl (C=O) groups is 2. The van der Waals surface area contributed by atoms with Gasteiger partial charge in [-0.3, -0.25) is 4.79 Å². The lowest BCUT2D eigenvalue weighted by Gasteiger charge is -2.05. The van der Waals surface area contributed by atoms with Gasteiger partial charge >= 0.3 is 5.97 Å². The minimum atomic E-state index is -0.480. The maximum Gasteiger partial charge on any atom is 0.343 e. The van der Waals surface area contributed by atoms with Gasteiger partial charge < -0.3 is 4.74 Å². The molecule has 1 amide bonds. The second-order valence-corrected chi connectivity index (χ2v) is 6.55. The number of amides is 1. The van der Waals surface area contributed by atoms with Crippen molar-refractivity contribution in [2.75, 3.05) is 0 Å². The fraction of sp³-hybridized carbons (Fsp3) is 0. The first-order valence-corrected chi connectivity index (χ1v) is 8.93. The van der Waals surface area contributed by atoms with Crippen molar-refractivity contribution in [1.82, 2.24) is 5.43 Å². The molecule has 0 unspecified atom stereocenters. The second-order valence-electron chi connectivity index (χ2n) is 5.67. The Morgan fingerprint density at radius 1 is 0.857 bits per heavy atom. The summed E-state index contributed by atoms with van der Waals surface area (Å²) < 4.78 is 5.30. The lowest BCUT2D eigenvalue weighted by atomic mass is 10.2. The normalized spacial score (nSPS) is 10.6. The molecule has 0 radical (unpaired) electrons. The van der Waals surface area contributed by atoms with Gasteiger partial charge in [-0.2, -0.15) is 5.10 Å². The third-order valence-corrected chi connectivity index (χ3v) is 4.12. The maximum atomic E-state index is 12.1. The van der Waals surface area contributed by atoms with Crippen LogP contribution >= 0.6 is 23.2 Å². The topological polar surface area (TPSA) is 67.8 Å². The van der Waals surface area contributed by atoms with E-state index < -0.39 is 5.97 Å². The summed E-state index contributed by atoms with van der Waals surface area (Å²) in [4.78, 5) is 24.0. The monoisotopic (exact) mass is 412 g/mol. The van der Waals surface area contributed by atoms with E-state index in [1.165, 1.54) is 6.21 Å². The molecule has 0 atom stereocenters. The first-order valence-electron chi connectivity index (χ1n) is 8.18. The molecule has 0 saturated carbocycles. The quantitative estimate of drug-likeness (QED) is 0.278. The largest absolute Gasteiger partial charge is 0.423 e. The Kier molecular flexibility index (Phi) is 6.42. The predicted molar refractivity (Wildman–Crippen MR) is 109 cm³/mol. The van der Waals surface area contributed by atoms with E-state index in [2.05, 4.69) is 10.5 Å². The number of hydrogen-bond donors (Lipinski definition) is 1. The molecule has 0 aromatic heterocycles. The predicted octanol–water partition coefficient (Wildman–Crippen LogP) is 4.98. The van der Waals surface area contributed by atoms with E-state index in [0.717, 1.165) is 5.56 Å². The lowest BCUT2D eigenvalue weighted by molar-refractivity contribution is 0.0734. The zero-order valence-electron chi connectivity index (χ0n) is 14.4. The van der Waals surface area contributed by atoms with E-state index in [-0.39, 0.29) is 5.91 Å². The molecule has 0 bridgehead atoms. The van der Waals surface area contributed by atoms with Crippen LogP contribution in [0.1, 0.15) is 26.3 Å². The maximum absolute atomic E-state index is 12.1. The van der Waals surface area contributed by atoms with Crippen molar-refractivity contribution >= 4 is 41.3 Å². The Bertz CT molecular complexity index is 1020. The molecule has 0 aliphatic rings. The molecule has 0 saturated heterocycles. The molecule has 1 N–H and O–H groups in total. The fourth-order valence-electron chi connectivity index (χ4n) is 2.23. The molecule has 3 rings (SSSR count). The number of benzene rings is 3. The van der Waals surface area contributed by atoms with Gasteiger partial charge in [0.25, 0.3) is 5.91 Å². The molecule has 3 aromatic carbocycles. The number of ether oxygens (including phenoxy) is 1. The Morgan fingerprint density at radius 2 is 1.57 bits per heavy atom. The molecule has 0 aliphatic heterocycles. The number of carbonyl (C=O) groups excluding carboxylic acids is 2. The molecule has 3 aromatic rings. The number of halogens is 2. The van der Waals surface area contributed by atoms with Gasteiger partial charge in [0.15, 0.2) is 0 Å². The van der Waals surface area contributed by atoms with Crippen molar-refractivity contribution in [3.63, 3.8) is 0 Å². The fourth-order valence-corrected chi connectivity index (χ4v) is 2.55. The van der Waals surface area contributed by atoms with Crippen LogP contribution in [-0.2, 0) is 0 Å². The van der Waals surface area contributed by atoms with E-state index >= 15 is 0 Å². The van der Waals surface area contributed by atoms with Crippen LogP contribution in [0.5, 0.6) is 5.75 Å². The third kappa shape index (κ3) is 5.42. The van der Waals surface area contributed by atoms with E-state index in [4.69, 9.17) is 27.9 Å². The Morgan fingerprint density at radius 3 is 2.25 bits per heavy atom. The van der Waals surface area contributed by atoms with Crippen molar-refractivity contribution in [3.8, 4) is 5.75 Å². The van der Waals surface area contributed by atoms with E-state index in [1.807, 2.05) is 0 Å². The van der Waals surface area contributed by atoms with Gasteiger partial charge in [-0.1, -0.05) is 29.3 Å². The minimum absolute atomic E-state index is 0.368. The summed E-state index contributed by atoms with van der Waals surface area (Å²) in [6.07, 6.45) is 1.48. The average Bonchev–Trinajstić information content (AvgIpc) is 2.69. The van der Waals surface area contributed by atoms with Crippen LogP contribution in [0.3, 0.4) is 0 Å². The Balaban J connectivity index is 1.56. The molecule has 0 spiro atoms. The molecule has 0 fully saturated rings. The molecule has 0 aliphatic carbocycles. The summed E-state index contributed by atoms with van der Waals surface area (Å²) >= 11 is 11.7. The Hall–Kier alpha value is -3.15. The first kappa shape index (κ1) is 19.6. The highest BCUT2D eigenvalue weighted by molar-refractivity contribution is 6.31. The summed E-state index contributed by atoms with van der Waals surface area (Å²) in [5.41, 5.74) is 3.96. The number of nitrogens with zero attached hydrogens (tertiary/aromatic N) is 1. The molecule has 0 heterocycles. The van der Waals surface area contributed by atoms with Crippen LogP contribution in [0.15, 0.2) is 77.9 Å². The van der Waals surface area contributed by atoms with Crippen LogP contribution in [-0.4, -0.2) is 18.1 Å². The van der Waals surface area contributed by atoms with Crippen LogP contribution in [0.2, 0.25) is 10.0 Å². The SMILES string of the molecule is O=C(N/N=C\c1ccc(OC(=O)c2ccc(Cl)cc2)cc1)c1cccc(Cl)c1. The first-order chi connectivity index (χ1) is 13.5.